The first kappa shape index (κ1) is 14.8. The van der Waals surface area contributed by atoms with Gasteiger partial charge in [0.05, 0.1) is 6.42 Å². The third kappa shape index (κ3) is 3.72. The summed E-state index contributed by atoms with van der Waals surface area (Å²) in [7, 11) is 0. The molecule has 2 unspecified atom stereocenters. The minimum Gasteiger partial charge on any atom is -0.409 e. The number of nitrogens with two attached hydrogens (primary N) is 1. The van der Waals surface area contributed by atoms with Gasteiger partial charge in [-0.15, -0.1) is 0 Å². The van der Waals surface area contributed by atoms with Crippen LogP contribution in [0, 0.1) is 5.92 Å². The molecule has 0 saturated heterocycles. The lowest BCUT2D eigenvalue weighted by atomic mass is 10.0. The number of benzene rings is 1. The Morgan fingerprint density at radius 2 is 2.10 bits per heavy atom. The predicted molar refractivity (Wildman–Crippen MR) is 80.5 cm³/mol. The van der Waals surface area contributed by atoms with E-state index in [1.807, 2.05) is 24.3 Å². The molecule has 0 spiro atoms. The Morgan fingerprint density at radius 1 is 1.40 bits per heavy atom. The fourth-order valence-electron chi connectivity index (χ4n) is 2.61. The molecule has 0 radical (unpaired) electrons. The van der Waals surface area contributed by atoms with E-state index in [1.54, 1.807) is 0 Å². The molecule has 0 heterocycles. The summed E-state index contributed by atoms with van der Waals surface area (Å²) >= 11 is 3.36. The fourth-order valence-corrected chi connectivity index (χ4v) is 2.87. The highest BCUT2D eigenvalue weighted by molar-refractivity contribution is 9.10. The first-order valence-electron chi connectivity index (χ1n) is 6.61. The molecule has 1 aliphatic carbocycles. The van der Waals surface area contributed by atoms with Crippen molar-refractivity contribution in [1.82, 2.24) is 5.32 Å². The third-order valence-corrected chi connectivity index (χ3v) is 4.16. The molecule has 4 N–H and O–H groups in total. The number of oxime groups is 1. The van der Waals surface area contributed by atoms with E-state index in [0.29, 0.717) is 6.42 Å². The molecule has 20 heavy (non-hydrogen) atoms. The molecule has 1 amide bonds. The number of amides is 1. The average molecular weight is 340 g/mol. The quantitative estimate of drug-likeness (QED) is 0.339. The van der Waals surface area contributed by atoms with Crippen molar-refractivity contribution in [3.63, 3.8) is 0 Å². The van der Waals surface area contributed by atoms with Crippen molar-refractivity contribution < 1.29 is 10.0 Å². The van der Waals surface area contributed by atoms with Crippen LogP contribution >= 0.6 is 15.9 Å². The summed E-state index contributed by atoms with van der Waals surface area (Å²) in [5.74, 6) is 0.111. The topological polar surface area (TPSA) is 87.7 Å². The van der Waals surface area contributed by atoms with Gasteiger partial charge in [-0.05, 0) is 30.5 Å². The van der Waals surface area contributed by atoms with Gasteiger partial charge in [-0.2, -0.15) is 0 Å². The number of carbonyl (C=O) groups excluding carboxylic acids is 1. The number of nitrogens with zero attached hydrogens (tertiary/aromatic N) is 1. The van der Waals surface area contributed by atoms with Gasteiger partial charge in [0, 0.05) is 16.4 Å². The van der Waals surface area contributed by atoms with Crippen molar-refractivity contribution in [2.45, 2.75) is 31.7 Å². The van der Waals surface area contributed by atoms with Crippen LogP contribution in [-0.2, 0) is 11.2 Å². The largest absolute Gasteiger partial charge is 0.409 e. The van der Waals surface area contributed by atoms with E-state index in [9.17, 15) is 4.79 Å². The Bertz CT molecular complexity index is 502. The molecule has 2 atom stereocenters. The van der Waals surface area contributed by atoms with E-state index in [0.717, 1.165) is 29.3 Å². The molecule has 6 heteroatoms. The molecule has 2 rings (SSSR count). The number of hydrogen-bond donors (Lipinski definition) is 3. The zero-order valence-electron chi connectivity index (χ0n) is 11.1. The molecular formula is C14H18BrN3O2. The van der Waals surface area contributed by atoms with Crippen molar-refractivity contribution in [3.05, 3.63) is 34.3 Å². The lowest BCUT2D eigenvalue weighted by molar-refractivity contribution is -0.121. The third-order valence-electron chi connectivity index (χ3n) is 3.64. The molecule has 1 aromatic carbocycles. The number of halogens is 1. The standard InChI is InChI=1S/C14H18BrN3O2/c15-10-6-4-9(5-7-10)8-13(19)17-12-3-1-2-11(12)14(16)18-20/h4-7,11-12,20H,1-3,8H2,(H2,16,18)(H,17,19). The fraction of sp³-hybridized carbons (Fsp3) is 0.429. The Kier molecular flexibility index (Phi) is 5.00. The first-order valence-corrected chi connectivity index (χ1v) is 7.40. The Morgan fingerprint density at radius 3 is 2.75 bits per heavy atom. The molecule has 5 nitrogen and oxygen atoms in total. The lowest BCUT2D eigenvalue weighted by Crippen LogP contribution is -2.43. The van der Waals surface area contributed by atoms with Crippen LogP contribution in [0.3, 0.4) is 0 Å². The zero-order chi connectivity index (χ0) is 14.5. The Balaban J connectivity index is 1.92. The SMILES string of the molecule is NC(=NO)C1CCCC1NC(=O)Cc1ccc(Br)cc1. The van der Waals surface area contributed by atoms with E-state index in [-0.39, 0.29) is 23.7 Å². The van der Waals surface area contributed by atoms with Crippen molar-refractivity contribution in [2.24, 2.45) is 16.8 Å². The summed E-state index contributed by atoms with van der Waals surface area (Å²) in [6, 6.07) is 7.63. The van der Waals surface area contributed by atoms with E-state index >= 15 is 0 Å². The van der Waals surface area contributed by atoms with Gasteiger partial charge in [-0.1, -0.05) is 39.6 Å². The van der Waals surface area contributed by atoms with Gasteiger partial charge in [-0.3, -0.25) is 4.79 Å². The van der Waals surface area contributed by atoms with Crippen molar-refractivity contribution in [2.75, 3.05) is 0 Å². The van der Waals surface area contributed by atoms with Crippen LogP contribution in [0.1, 0.15) is 24.8 Å². The lowest BCUT2D eigenvalue weighted by Gasteiger charge is -2.19. The molecule has 1 aliphatic rings. The van der Waals surface area contributed by atoms with Gasteiger partial charge in [0.2, 0.25) is 5.91 Å². The number of carbonyl (C=O) groups is 1. The maximum Gasteiger partial charge on any atom is 0.224 e. The minimum absolute atomic E-state index is 0.0324. The first-order chi connectivity index (χ1) is 9.60. The molecule has 0 aromatic heterocycles. The van der Waals surface area contributed by atoms with Crippen LogP contribution in [0.25, 0.3) is 0 Å². The predicted octanol–water partition coefficient (Wildman–Crippen LogP) is 2.02. The second-order valence-corrected chi connectivity index (χ2v) is 5.96. The summed E-state index contributed by atoms with van der Waals surface area (Å²) in [6.45, 7) is 0. The smallest absolute Gasteiger partial charge is 0.224 e. The maximum atomic E-state index is 12.0. The summed E-state index contributed by atoms with van der Waals surface area (Å²) in [4.78, 5) is 12.0. The van der Waals surface area contributed by atoms with Gasteiger partial charge in [0.15, 0.2) is 0 Å². The van der Waals surface area contributed by atoms with Crippen molar-refractivity contribution in [1.29, 1.82) is 0 Å². The Labute approximate surface area is 126 Å². The van der Waals surface area contributed by atoms with Gasteiger partial charge < -0.3 is 16.3 Å². The highest BCUT2D eigenvalue weighted by atomic mass is 79.9. The summed E-state index contributed by atoms with van der Waals surface area (Å²) in [5.41, 5.74) is 6.62. The molecule has 108 valence electrons. The van der Waals surface area contributed by atoms with Gasteiger partial charge in [-0.25, -0.2) is 0 Å². The number of hydrogen-bond acceptors (Lipinski definition) is 3. The average Bonchev–Trinajstić information content (AvgIpc) is 2.88. The maximum absolute atomic E-state index is 12.0. The second kappa shape index (κ2) is 6.74. The van der Waals surface area contributed by atoms with Gasteiger partial charge in [0.1, 0.15) is 5.84 Å². The number of rotatable bonds is 4. The molecule has 1 fully saturated rings. The normalized spacial score (nSPS) is 22.8. The van der Waals surface area contributed by atoms with Gasteiger partial charge in [0.25, 0.3) is 0 Å². The van der Waals surface area contributed by atoms with Crippen LogP contribution < -0.4 is 11.1 Å². The summed E-state index contributed by atoms with van der Waals surface area (Å²) in [6.07, 6.45) is 3.03. The van der Waals surface area contributed by atoms with Crippen LogP contribution in [-0.4, -0.2) is 23.0 Å². The highest BCUT2D eigenvalue weighted by Crippen LogP contribution is 2.25. The molecule has 0 aliphatic heterocycles. The van der Waals surface area contributed by atoms with Gasteiger partial charge >= 0.3 is 0 Å². The van der Waals surface area contributed by atoms with Crippen LogP contribution in [0.2, 0.25) is 0 Å². The summed E-state index contributed by atoms with van der Waals surface area (Å²) in [5, 5.41) is 14.8. The zero-order valence-corrected chi connectivity index (χ0v) is 12.6. The highest BCUT2D eigenvalue weighted by Gasteiger charge is 2.31. The minimum atomic E-state index is -0.0612. The second-order valence-electron chi connectivity index (χ2n) is 5.04. The monoisotopic (exact) mass is 339 g/mol. The molecular weight excluding hydrogens is 322 g/mol. The van der Waals surface area contributed by atoms with Crippen LogP contribution in [0.4, 0.5) is 0 Å². The number of nitrogens with one attached hydrogen (secondary N) is 1. The van der Waals surface area contributed by atoms with Crippen LogP contribution in [0.5, 0.6) is 0 Å². The van der Waals surface area contributed by atoms with E-state index in [2.05, 4.69) is 26.4 Å². The molecule has 1 aromatic rings. The van der Waals surface area contributed by atoms with Crippen molar-refractivity contribution in [3.8, 4) is 0 Å². The van der Waals surface area contributed by atoms with E-state index in [4.69, 9.17) is 10.9 Å². The van der Waals surface area contributed by atoms with E-state index < -0.39 is 0 Å². The number of amidine groups is 1. The van der Waals surface area contributed by atoms with Crippen molar-refractivity contribution >= 4 is 27.7 Å². The molecule has 0 bridgehead atoms. The molecule has 1 saturated carbocycles. The van der Waals surface area contributed by atoms with E-state index in [1.165, 1.54) is 0 Å². The Hall–Kier alpha value is -1.56. The van der Waals surface area contributed by atoms with Crippen LogP contribution in [0.15, 0.2) is 33.9 Å². The summed E-state index contributed by atoms with van der Waals surface area (Å²) < 4.78 is 0.990.